The molecule has 154 valence electrons. The number of benzene rings is 1. The molecule has 0 saturated carbocycles. The van der Waals surface area contributed by atoms with Gasteiger partial charge in [-0.25, -0.2) is 4.99 Å². The van der Waals surface area contributed by atoms with Crippen LogP contribution in [-0.2, 0) is 17.7 Å². The Bertz CT molecular complexity index is 683. The number of rotatable bonds is 8. The summed E-state index contributed by atoms with van der Waals surface area (Å²) in [6.07, 6.45) is 2.55. The van der Waals surface area contributed by atoms with Gasteiger partial charge in [0, 0.05) is 39.1 Å². The van der Waals surface area contributed by atoms with Crippen molar-refractivity contribution in [3.8, 4) is 0 Å². The maximum atomic E-state index is 5.40. The predicted molar refractivity (Wildman–Crippen MR) is 123 cm³/mol. The highest BCUT2D eigenvalue weighted by molar-refractivity contribution is 14.0. The molecule has 0 unspecified atom stereocenters. The summed E-state index contributed by atoms with van der Waals surface area (Å²) in [4.78, 5) is 7.16. The zero-order valence-electron chi connectivity index (χ0n) is 16.5. The molecular weight excluding hydrogens is 467 g/mol. The first-order chi connectivity index (χ1) is 13.3. The molecule has 6 nitrogen and oxygen atoms in total. The molecule has 1 fully saturated rings. The molecule has 1 aromatic carbocycles. The van der Waals surface area contributed by atoms with E-state index in [1.165, 1.54) is 11.1 Å². The van der Waals surface area contributed by atoms with Crippen molar-refractivity contribution in [2.24, 2.45) is 4.99 Å². The van der Waals surface area contributed by atoms with Gasteiger partial charge >= 0.3 is 0 Å². The van der Waals surface area contributed by atoms with Crippen LogP contribution in [0, 0.1) is 6.92 Å². The van der Waals surface area contributed by atoms with E-state index in [9.17, 15) is 0 Å². The molecule has 2 heterocycles. The van der Waals surface area contributed by atoms with Gasteiger partial charge in [-0.15, -0.1) is 24.0 Å². The van der Waals surface area contributed by atoms with Crippen molar-refractivity contribution < 1.29 is 9.15 Å². The molecule has 28 heavy (non-hydrogen) atoms. The van der Waals surface area contributed by atoms with Crippen molar-refractivity contribution in [1.82, 2.24) is 15.5 Å². The topological polar surface area (TPSA) is 62.0 Å². The van der Waals surface area contributed by atoms with E-state index in [0.29, 0.717) is 6.54 Å². The molecule has 0 radical (unpaired) electrons. The second-order valence-corrected chi connectivity index (χ2v) is 6.79. The van der Waals surface area contributed by atoms with Crippen LogP contribution in [0.1, 0.15) is 16.9 Å². The predicted octanol–water partition coefficient (Wildman–Crippen LogP) is 2.82. The average Bonchev–Trinajstić information content (AvgIpc) is 3.21. The zero-order chi connectivity index (χ0) is 18.7. The fourth-order valence-corrected chi connectivity index (χ4v) is 2.95. The fraction of sp³-hybridized carbons (Fsp3) is 0.476. The van der Waals surface area contributed by atoms with Crippen LogP contribution in [0.2, 0.25) is 0 Å². The van der Waals surface area contributed by atoms with Gasteiger partial charge in [0.2, 0.25) is 0 Å². The number of ether oxygens (including phenoxy) is 1. The van der Waals surface area contributed by atoms with Crippen LogP contribution in [0.5, 0.6) is 0 Å². The Balaban J connectivity index is 0.00000280. The summed E-state index contributed by atoms with van der Waals surface area (Å²) in [6.45, 7) is 9.06. The Morgan fingerprint density at radius 1 is 1.07 bits per heavy atom. The molecule has 1 aliphatic heterocycles. The SMILES string of the molecule is Cc1ccc(CN=C(NCCc2ccco2)NCCN2CCOCC2)cc1.I. The van der Waals surface area contributed by atoms with Crippen LogP contribution >= 0.6 is 24.0 Å². The van der Waals surface area contributed by atoms with E-state index in [0.717, 1.165) is 64.1 Å². The second-order valence-electron chi connectivity index (χ2n) is 6.79. The lowest BCUT2D eigenvalue weighted by Crippen LogP contribution is -2.44. The number of guanidine groups is 1. The number of morpholine rings is 1. The van der Waals surface area contributed by atoms with Gasteiger partial charge in [0.15, 0.2) is 5.96 Å². The normalized spacial score (nSPS) is 15.1. The zero-order valence-corrected chi connectivity index (χ0v) is 18.9. The summed E-state index contributed by atoms with van der Waals surface area (Å²) >= 11 is 0. The minimum Gasteiger partial charge on any atom is -0.469 e. The van der Waals surface area contributed by atoms with E-state index >= 15 is 0 Å². The van der Waals surface area contributed by atoms with Gasteiger partial charge in [-0.1, -0.05) is 29.8 Å². The van der Waals surface area contributed by atoms with E-state index in [1.807, 2.05) is 12.1 Å². The van der Waals surface area contributed by atoms with Gasteiger partial charge in [0.05, 0.1) is 26.0 Å². The van der Waals surface area contributed by atoms with Crippen LogP contribution < -0.4 is 10.6 Å². The maximum absolute atomic E-state index is 5.40. The van der Waals surface area contributed by atoms with Crippen LogP contribution in [0.3, 0.4) is 0 Å². The minimum atomic E-state index is 0. The number of aliphatic imine (C=N–C) groups is 1. The Labute approximate surface area is 184 Å². The van der Waals surface area contributed by atoms with Crippen molar-refractivity contribution in [2.45, 2.75) is 19.9 Å². The number of hydrogen-bond donors (Lipinski definition) is 2. The number of hydrogen-bond acceptors (Lipinski definition) is 4. The number of furan rings is 1. The third kappa shape index (κ3) is 8.20. The molecule has 1 saturated heterocycles. The molecule has 1 aliphatic rings. The molecule has 0 aliphatic carbocycles. The van der Waals surface area contributed by atoms with Crippen molar-refractivity contribution in [3.05, 3.63) is 59.5 Å². The quantitative estimate of drug-likeness (QED) is 0.333. The molecule has 7 heteroatoms. The molecule has 3 rings (SSSR count). The van der Waals surface area contributed by atoms with Crippen molar-refractivity contribution in [2.75, 3.05) is 45.9 Å². The van der Waals surface area contributed by atoms with E-state index in [-0.39, 0.29) is 24.0 Å². The molecule has 1 aromatic heterocycles. The highest BCUT2D eigenvalue weighted by atomic mass is 127. The standard InChI is InChI=1S/C21H30N4O2.HI/c1-18-4-6-19(7-5-18)17-24-21(22-9-8-20-3-2-14-27-20)23-10-11-25-12-15-26-16-13-25;/h2-7,14H,8-13,15-17H2,1H3,(H2,22,23,24);1H. The van der Waals surface area contributed by atoms with E-state index in [4.69, 9.17) is 14.1 Å². The second kappa shape index (κ2) is 12.8. The molecule has 0 spiro atoms. The van der Waals surface area contributed by atoms with Crippen LogP contribution in [0.15, 0.2) is 52.1 Å². The van der Waals surface area contributed by atoms with Gasteiger partial charge in [-0.2, -0.15) is 0 Å². The number of nitrogens with one attached hydrogen (secondary N) is 2. The third-order valence-corrected chi connectivity index (χ3v) is 4.61. The molecule has 0 amide bonds. The van der Waals surface area contributed by atoms with Crippen LogP contribution in [0.25, 0.3) is 0 Å². The smallest absolute Gasteiger partial charge is 0.191 e. The molecule has 2 N–H and O–H groups in total. The van der Waals surface area contributed by atoms with Crippen molar-refractivity contribution in [3.63, 3.8) is 0 Å². The minimum absolute atomic E-state index is 0. The first-order valence-corrected chi connectivity index (χ1v) is 9.70. The molecule has 0 bridgehead atoms. The van der Waals surface area contributed by atoms with E-state index in [1.54, 1.807) is 6.26 Å². The van der Waals surface area contributed by atoms with Gasteiger partial charge in [-0.3, -0.25) is 4.90 Å². The van der Waals surface area contributed by atoms with Gasteiger partial charge < -0.3 is 19.8 Å². The van der Waals surface area contributed by atoms with Crippen molar-refractivity contribution >= 4 is 29.9 Å². The first kappa shape index (κ1) is 22.7. The summed E-state index contributed by atoms with van der Waals surface area (Å²) in [5.41, 5.74) is 2.48. The summed E-state index contributed by atoms with van der Waals surface area (Å²) in [7, 11) is 0. The van der Waals surface area contributed by atoms with E-state index in [2.05, 4.69) is 46.7 Å². The fourth-order valence-electron chi connectivity index (χ4n) is 2.95. The molecular formula is C21H31IN4O2. The Hall–Kier alpha value is -1.58. The lowest BCUT2D eigenvalue weighted by Gasteiger charge is -2.26. The first-order valence-electron chi connectivity index (χ1n) is 9.70. The number of nitrogens with zero attached hydrogens (tertiary/aromatic N) is 2. The highest BCUT2D eigenvalue weighted by Crippen LogP contribution is 2.04. The summed E-state index contributed by atoms with van der Waals surface area (Å²) < 4.78 is 10.8. The average molecular weight is 498 g/mol. The van der Waals surface area contributed by atoms with Gasteiger partial charge in [0.25, 0.3) is 0 Å². The van der Waals surface area contributed by atoms with Crippen LogP contribution in [-0.4, -0.2) is 56.8 Å². The lowest BCUT2D eigenvalue weighted by atomic mass is 10.1. The Kier molecular flexibility index (Phi) is 10.4. The molecule has 2 aromatic rings. The van der Waals surface area contributed by atoms with E-state index < -0.39 is 0 Å². The number of halogens is 1. The van der Waals surface area contributed by atoms with Crippen molar-refractivity contribution in [1.29, 1.82) is 0 Å². The van der Waals surface area contributed by atoms with Crippen LogP contribution in [0.4, 0.5) is 0 Å². The van der Waals surface area contributed by atoms with Gasteiger partial charge in [0.1, 0.15) is 5.76 Å². The number of aryl methyl sites for hydroxylation is 1. The monoisotopic (exact) mass is 498 g/mol. The van der Waals surface area contributed by atoms with Gasteiger partial charge in [-0.05, 0) is 24.6 Å². The third-order valence-electron chi connectivity index (χ3n) is 4.61. The summed E-state index contributed by atoms with van der Waals surface area (Å²) in [5, 5.41) is 6.87. The summed E-state index contributed by atoms with van der Waals surface area (Å²) in [5.74, 6) is 1.82. The lowest BCUT2D eigenvalue weighted by molar-refractivity contribution is 0.0389. The molecule has 0 atom stereocenters. The largest absolute Gasteiger partial charge is 0.469 e. The Morgan fingerprint density at radius 3 is 2.54 bits per heavy atom. The summed E-state index contributed by atoms with van der Waals surface area (Å²) in [6, 6.07) is 12.4. The highest BCUT2D eigenvalue weighted by Gasteiger charge is 2.09. The maximum Gasteiger partial charge on any atom is 0.191 e. The Morgan fingerprint density at radius 2 is 1.82 bits per heavy atom.